The second kappa shape index (κ2) is 6.24. The number of nitrogens with zero attached hydrogens (tertiary/aromatic N) is 1. The number of nitrogens with one attached hydrogen (secondary N) is 1. The highest BCUT2D eigenvalue weighted by Crippen LogP contribution is 2.11. The molecule has 0 aliphatic carbocycles. The van der Waals surface area contributed by atoms with Crippen LogP contribution < -0.4 is 10.1 Å². The Labute approximate surface area is 90.3 Å². The third-order valence-corrected chi connectivity index (χ3v) is 2.23. The third kappa shape index (κ3) is 4.16. The van der Waals surface area contributed by atoms with Crippen molar-refractivity contribution in [2.75, 3.05) is 25.6 Å². The second-order valence-corrected chi connectivity index (χ2v) is 3.58. The van der Waals surface area contributed by atoms with Crippen molar-refractivity contribution in [3.63, 3.8) is 0 Å². The minimum absolute atomic E-state index is 0.235. The van der Waals surface area contributed by atoms with Crippen LogP contribution >= 0.6 is 0 Å². The highest BCUT2D eigenvalue weighted by molar-refractivity contribution is 5.37. The van der Waals surface area contributed by atoms with Crippen LogP contribution in [0.2, 0.25) is 0 Å². The Morgan fingerprint density at radius 1 is 1.53 bits per heavy atom. The first-order valence-corrected chi connectivity index (χ1v) is 5.11. The highest BCUT2D eigenvalue weighted by atomic mass is 16.5. The molecule has 1 atom stereocenters. The molecule has 84 valence electrons. The summed E-state index contributed by atoms with van der Waals surface area (Å²) in [5, 5.41) is 11.9. The summed E-state index contributed by atoms with van der Waals surface area (Å²) in [5.74, 6) is 2.03. The summed E-state index contributed by atoms with van der Waals surface area (Å²) in [6.45, 7) is 3.14. The van der Waals surface area contributed by atoms with Crippen molar-refractivity contribution in [3.05, 3.63) is 18.3 Å². The van der Waals surface area contributed by atoms with E-state index >= 15 is 0 Å². The minimum Gasteiger partial charge on any atom is -0.495 e. The first-order chi connectivity index (χ1) is 7.26. The summed E-state index contributed by atoms with van der Waals surface area (Å²) >= 11 is 0. The molecule has 4 nitrogen and oxygen atoms in total. The van der Waals surface area contributed by atoms with Crippen molar-refractivity contribution in [1.29, 1.82) is 0 Å². The number of hydrogen-bond donors (Lipinski definition) is 2. The maximum Gasteiger partial charge on any atom is 0.137 e. The summed E-state index contributed by atoms with van der Waals surface area (Å²) in [6, 6.07) is 3.75. The molecule has 0 aliphatic heterocycles. The SMILES string of the molecule is COc1ccc(NCC(C)CCO)nc1. The van der Waals surface area contributed by atoms with Gasteiger partial charge in [0, 0.05) is 13.2 Å². The number of methoxy groups -OCH3 is 1. The van der Waals surface area contributed by atoms with Gasteiger partial charge in [-0.25, -0.2) is 4.98 Å². The van der Waals surface area contributed by atoms with E-state index in [2.05, 4.69) is 17.2 Å². The molecule has 1 aromatic rings. The molecule has 4 heteroatoms. The molecule has 1 heterocycles. The van der Waals surface area contributed by atoms with Gasteiger partial charge in [0.25, 0.3) is 0 Å². The van der Waals surface area contributed by atoms with E-state index in [0.717, 1.165) is 24.5 Å². The fraction of sp³-hybridized carbons (Fsp3) is 0.545. The lowest BCUT2D eigenvalue weighted by atomic mass is 10.1. The van der Waals surface area contributed by atoms with E-state index in [1.807, 2.05) is 12.1 Å². The molecule has 15 heavy (non-hydrogen) atoms. The van der Waals surface area contributed by atoms with E-state index in [-0.39, 0.29) is 6.61 Å². The van der Waals surface area contributed by atoms with Crippen LogP contribution in [-0.2, 0) is 0 Å². The van der Waals surface area contributed by atoms with Crippen LogP contribution in [0.1, 0.15) is 13.3 Å². The zero-order chi connectivity index (χ0) is 11.1. The van der Waals surface area contributed by atoms with Gasteiger partial charge in [0.05, 0.1) is 13.3 Å². The predicted octanol–water partition coefficient (Wildman–Crippen LogP) is 1.52. The number of hydrogen-bond acceptors (Lipinski definition) is 4. The van der Waals surface area contributed by atoms with Gasteiger partial charge in [-0.15, -0.1) is 0 Å². The molecular formula is C11H18N2O2. The predicted molar refractivity (Wildman–Crippen MR) is 60.1 cm³/mol. The molecule has 0 saturated carbocycles. The van der Waals surface area contributed by atoms with E-state index in [1.54, 1.807) is 13.3 Å². The molecule has 1 unspecified atom stereocenters. The first kappa shape index (κ1) is 11.8. The van der Waals surface area contributed by atoms with Gasteiger partial charge in [-0.2, -0.15) is 0 Å². The maximum atomic E-state index is 8.74. The lowest BCUT2D eigenvalue weighted by Gasteiger charge is -2.11. The van der Waals surface area contributed by atoms with E-state index in [1.165, 1.54) is 0 Å². The standard InChI is InChI=1S/C11H18N2O2/c1-9(5-6-14)7-12-11-4-3-10(15-2)8-13-11/h3-4,8-9,14H,5-7H2,1-2H3,(H,12,13). The van der Waals surface area contributed by atoms with E-state index in [9.17, 15) is 0 Å². The van der Waals surface area contributed by atoms with Gasteiger partial charge < -0.3 is 15.2 Å². The van der Waals surface area contributed by atoms with Gasteiger partial charge in [0.2, 0.25) is 0 Å². The molecule has 0 aromatic carbocycles. The average Bonchev–Trinajstić information content (AvgIpc) is 2.27. The molecule has 2 N–H and O–H groups in total. The van der Waals surface area contributed by atoms with Crippen molar-refractivity contribution >= 4 is 5.82 Å². The van der Waals surface area contributed by atoms with Crippen molar-refractivity contribution < 1.29 is 9.84 Å². The molecule has 0 amide bonds. The fourth-order valence-corrected chi connectivity index (χ4v) is 1.21. The summed E-state index contributed by atoms with van der Waals surface area (Å²) in [5.41, 5.74) is 0. The highest BCUT2D eigenvalue weighted by Gasteiger charge is 2.01. The summed E-state index contributed by atoms with van der Waals surface area (Å²) in [6.07, 6.45) is 2.49. The lowest BCUT2D eigenvalue weighted by Crippen LogP contribution is -2.13. The number of pyridine rings is 1. The van der Waals surface area contributed by atoms with Crippen LogP contribution in [-0.4, -0.2) is 30.4 Å². The summed E-state index contributed by atoms with van der Waals surface area (Å²) in [7, 11) is 1.62. The first-order valence-electron chi connectivity index (χ1n) is 5.11. The van der Waals surface area contributed by atoms with Crippen molar-refractivity contribution in [2.24, 2.45) is 5.92 Å². The molecule has 0 bridgehead atoms. The zero-order valence-electron chi connectivity index (χ0n) is 9.23. The van der Waals surface area contributed by atoms with Crippen molar-refractivity contribution in [2.45, 2.75) is 13.3 Å². The molecule has 1 rings (SSSR count). The fourth-order valence-electron chi connectivity index (χ4n) is 1.21. The molecule has 0 fully saturated rings. The van der Waals surface area contributed by atoms with Crippen LogP contribution in [0, 0.1) is 5.92 Å². The minimum atomic E-state index is 0.235. The quantitative estimate of drug-likeness (QED) is 0.747. The molecule has 0 spiro atoms. The van der Waals surface area contributed by atoms with E-state index in [0.29, 0.717) is 5.92 Å². The Hall–Kier alpha value is -1.29. The average molecular weight is 210 g/mol. The Balaban J connectivity index is 2.37. The van der Waals surface area contributed by atoms with Crippen molar-refractivity contribution in [3.8, 4) is 5.75 Å². The third-order valence-electron chi connectivity index (χ3n) is 2.23. The number of aliphatic hydroxyl groups excluding tert-OH is 1. The second-order valence-electron chi connectivity index (χ2n) is 3.58. The molecule has 1 aromatic heterocycles. The topological polar surface area (TPSA) is 54.4 Å². The number of anilines is 1. The van der Waals surface area contributed by atoms with Gasteiger partial charge in [0.15, 0.2) is 0 Å². The Kier molecular flexibility index (Phi) is 4.90. The number of aromatic nitrogens is 1. The molecule has 0 radical (unpaired) electrons. The van der Waals surface area contributed by atoms with Gasteiger partial charge in [-0.05, 0) is 24.5 Å². The Morgan fingerprint density at radius 2 is 2.33 bits per heavy atom. The van der Waals surface area contributed by atoms with Crippen LogP contribution in [0.5, 0.6) is 5.75 Å². The van der Waals surface area contributed by atoms with Gasteiger partial charge in [-0.1, -0.05) is 6.92 Å². The van der Waals surface area contributed by atoms with Crippen LogP contribution in [0.15, 0.2) is 18.3 Å². The summed E-state index contributed by atoms with van der Waals surface area (Å²) in [4.78, 5) is 4.18. The number of rotatable bonds is 6. The van der Waals surface area contributed by atoms with Gasteiger partial charge >= 0.3 is 0 Å². The Bertz CT molecular complexity index is 274. The van der Waals surface area contributed by atoms with Gasteiger partial charge in [-0.3, -0.25) is 0 Å². The van der Waals surface area contributed by atoms with E-state index in [4.69, 9.17) is 9.84 Å². The number of aliphatic hydroxyl groups is 1. The molecule has 0 saturated heterocycles. The lowest BCUT2D eigenvalue weighted by molar-refractivity contribution is 0.266. The Morgan fingerprint density at radius 3 is 2.87 bits per heavy atom. The van der Waals surface area contributed by atoms with E-state index < -0.39 is 0 Å². The van der Waals surface area contributed by atoms with Gasteiger partial charge in [0.1, 0.15) is 11.6 Å². The van der Waals surface area contributed by atoms with Crippen LogP contribution in [0.4, 0.5) is 5.82 Å². The largest absolute Gasteiger partial charge is 0.495 e. The van der Waals surface area contributed by atoms with Crippen molar-refractivity contribution in [1.82, 2.24) is 4.98 Å². The van der Waals surface area contributed by atoms with Crippen LogP contribution in [0.3, 0.4) is 0 Å². The monoisotopic (exact) mass is 210 g/mol. The smallest absolute Gasteiger partial charge is 0.137 e. The normalized spacial score (nSPS) is 12.2. The molecular weight excluding hydrogens is 192 g/mol. The number of ether oxygens (including phenoxy) is 1. The maximum absolute atomic E-state index is 8.74. The van der Waals surface area contributed by atoms with Crippen LogP contribution in [0.25, 0.3) is 0 Å². The molecule has 0 aliphatic rings. The zero-order valence-corrected chi connectivity index (χ0v) is 9.23. The summed E-state index contributed by atoms with van der Waals surface area (Å²) < 4.78 is 5.01.